The summed E-state index contributed by atoms with van der Waals surface area (Å²) in [5.41, 5.74) is 2.04. The Morgan fingerprint density at radius 3 is 2.90 bits per heavy atom. The fourth-order valence-electron chi connectivity index (χ4n) is 1.95. The summed E-state index contributed by atoms with van der Waals surface area (Å²) in [7, 11) is 0. The van der Waals surface area contributed by atoms with E-state index in [0.717, 1.165) is 11.1 Å². The molecule has 1 aromatic carbocycles. The minimum atomic E-state index is -0.401. The molecule has 0 aliphatic rings. The van der Waals surface area contributed by atoms with E-state index in [2.05, 4.69) is 33.4 Å². The monoisotopic (exact) mass is 304 g/mol. The number of rotatable bonds is 4. The molecule has 0 fully saturated rings. The highest BCUT2D eigenvalue weighted by atomic mass is 32.1. The third kappa shape index (κ3) is 2.68. The molecule has 0 aliphatic carbocycles. The molecule has 0 saturated carbocycles. The molecule has 0 aliphatic heterocycles. The van der Waals surface area contributed by atoms with Gasteiger partial charge in [-0.25, -0.2) is 14.0 Å². The number of hydrogen-bond donors (Lipinski definition) is 2. The van der Waals surface area contributed by atoms with E-state index in [1.165, 1.54) is 8.77 Å². The van der Waals surface area contributed by atoms with E-state index < -0.39 is 5.69 Å². The first kappa shape index (κ1) is 13.4. The highest BCUT2D eigenvalue weighted by molar-refractivity contribution is 7.78. The molecule has 0 unspecified atom stereocenters. The van der Waals surface area contributed by atoms with Gasteiger partial charge in [-0.1, -0.05) is 12.1 Å². The maximum absolute atomic E-state index is 11.7. The summed E-state index contributed by atoms with van der Waals surface area (Å²) >= 11 is 4.05. The lowest BCUT2D eigenvalue weighted by atomic mass is 10.1. The highest BCUT2D eigenvalue weighted by Crippen LogP contribution is 2.19. The van der Waals surface area contributed by atoms with Crippen LogP contribution in [-0.2, 0) is 6.61 Å². The van der Waals surface area contributed by atoms with Gasteiger partial charge in [0.05, 0.1) is 5.69 Å². The lowest BCUT2D eigenvalue weighted by Crippen LogP contribution is -2.18. The van der Waals surface area contributed by atoms with Gasteiger partial charge in [0.1, 0.15) is 6.61 Å². The molecule has 0 radical (unpaired) electrons. The number of aryl methyl sites for hydroxylation is 1. The number of aromatic nitrogens is 6. The Kier molecular flexibility index (Phi) is 3.48. The molecule has 0 bridgehead atoms. The van der Waals surface area contributed by atoms with Gasteiger partial charge >= 0.3 is 5.69 Å². The molecule has 2 aromatic heterocycles. The fraction of sp³-hybridized carbons (Fsp3) is 0.167. The predicted octanol–water partition coefficient (Wildman–Crippen LogP) is 0.732. The van der Waals surface area contributed by atoms with Crippen molar-refractivity contribution >= 4 is 12.8 Å². The summed E-state index contributed by atoms with van der Waals surface area (Å²) < 4.78 is 8.17. The largest absolute Gasteiger partial charge is 0.472 e. The summed E-state index contributed by atoms with van der Waals surface area (Å²) in [6.45, 7) is 2.19. The lowest BCUT2D eigenvalue weighted by Gasteiger charge is -2.11. The second kappa shape index (κ2) is 5.44. The van der Waals surface area contributed by atoms with Crippen molar-refractivity contribution in [1.29, 1.82) is 0 Å². The van der Waals surface area contributed by atoms with Crippen LogP contribution in [0.15, 0.2) is 35.3 Å². The maximum Gasteiger partial charge on any atom is 0.365 e. The SMILES string of the molecule is Cc1cccc(-n2nn[nH]c2=O)c1COc1ccn(S)n1. The smallest absolute Gasteiger partial charge is 0.365 e. The van der Waals surface area contributed by atoms with E-state index in [1.807, 2.05) is 19.1 Å². The van der Waals surface area contributed by atoms with E-state index in [1.54, 1.807) is 18.3 Å². The Morgan fingerprint density at radius 2 is 2.24 bits per heavy atom. The van der Waals surface area contributed by atoms with Gasteiger partial charge in [-0.15, -0.1) is 5.10 Å². The molecule has 0 spiro atoms. The number of nitrogens with one attached hydrogen (secondary N) is 1. The molecule has 3 aromatic rings. The summed E-state index contributed by atoms with van der Waals surface area (Å²) in [5, 5.41) is 13.5. The van der Waals surface area contributed by atoms with Gasteiger partial charge in [0.2, 0.25) is 5.88 Å². The molecule has 21 heavy (non-hydrogen) atoms. The molecule has 0 amide bonds. The van der Waals surface area contributed by atoms with Crippen molar-refractivity contribution in [2.45, 2.75) is 13.5 Å². The first-order valence-corrected chi connectivity index (χ1v) is 6.52. The van der Waals surface area contributed by atoms with E-state index >= 15 is 0 Å². The van der Waals surface area contributed by atoms with Gasteiger partial charge in [-0.3, -0.25) is 0 Å². The zero-order valence-electron chi connectivity index (χ0n) is 11.1. The third-order valence-electron chi connectivity index (χ3n) is 3.00. The number of benzene rings is 1. The standard InChI is InChI=1S/C12H12N6O2S/c1-8-3-2-4-10(18-12(19)13-15-16-18)9(8)7-20-11-5-6-17(21)14-11/h2-6,21H,7H2,1H3,(H,13,16,19). The predicted molar refractivity (Wildman–Crippen MR) is 77.7 cm³/mol. The molecule has 3 rings (SSSR count). The number of tetrazole rings is 1. The summed E-state index contributed by atoms with van der Waals surface area (Å²) in [6.07, 6.45) is 1.67. The van der Waals surface area contributed by atoms with Gasteiger partial charge in [-0.05, 0) is 41.8 Å². The third-order valence-corrected chi connectivity index (χ3v) is 3.22. The molecule has 0 saturated heterocycles. The Hall–Kier alpha value is -2.55. The van der Waals surface area contributed by atoms with Crippen LogP contribution in [0.5, 0.6) is 5.88 Å². The Balaban J connectivity index is 1.94. The summed E-state index contributed by atoms with van der Waals surface area (Å²) in [4.78, 5) is 11.7. The molecular weight excluding hydrogens is 292 g/mol. The molecule has 2 heterocycles. The van der Waals surface area contributed by atoms with Crippen LogP contribution in [0.4, 0.5) is 0 Å². The van der Waals surface area contributed by atoms with Crippen molar-refractivity contribution in [3.8, 4) is 11.6 Å². The van der Waals surface area contributed by atoms with Crippen molar-refractivity contribution in [2.24, 2.45) is 0 Å². The van der Waals surface area contributed by atoms with Gasteiger partial charge in [-0.2, -0.15) is 4.68 Å². The Morgan fingerprint density at radius 1 is 1.38 bits per heavy atom. The average molecular weight is 304 g/mol. The Bertz CT molecular complexity index is 821. The number of hydrogen-bond acceptors (Lipinski definition) is 6. The Labute approximate surface area is 124 Å². The maximum atomic E-state index is 11.7. The van der Waals surface area contributed by atoms with E-state index in [4.69, 9.17) is 4.74 Å². The van der Waals surface area contributed by atoms with E-state index in [0.29, 0.717) is 11.6 Å². The molecular formula is C12H12N6O2S. The molecule has 1 N–H and O–H groups in total. The number of H-pyrrole nitrogens is 1. The number of aromatic amines is 1. The zero-order valence-corrected chi connectivity index (χ0v) is 12.0. The van der Waals surface area contributed by atoms with Crippen molar-refractivity contribution < 1.29 is 4.74 Å². The van der Waals surface area contributed by atoms with Crippen LogP contribution in [0.3, 0.4) is 0 Å². The first-order valence-electron chi connectivity index (χ1n) is 6.12. The van der Waals surface area contributed by atoms with Crippen LogP contribution in [0.1, 0.15) is 11.1 Å². The quantitative estimate of drug-likeness (QED) is 0.694. The molecule has 108 valence electrons. The van der Waals surface area contributed by atoms with Gasteiger partial charge < -0.3 is 4.74 Å². The number of nitrogens with zero attached hydrogens (tertiary/aromatic N) is 5. The van der Waals surface area contributed by atoms with Crippen molar-refractivity contribution in [3.05, 3.63) is 52.1 Å². The minimum Gasteiger partial charge on any atom is -0.472 e. The second-order valence-electron chi connectivity index (χ2n) is 4.35. The normalized spacial score (nSPS) is 10.8. The van der Waals surface area contributed by atoms with Crippen LogP contribution in [0, 0.1) is 6.92 Å². The molecule has 0 atom stereocenters. The minimum absolute atomic E-state index is 0.256. The van der Waals surface area contributed by atoms with Gasteiger partial charge in [0.25, 0.3) is 0 Å². The first-order chi connectivity index (χ1) is 10.1. The van der Waals surface area contributed by atoms with Crippen LogP contribution in [0.2, 0.25) is 0 Å². The zero-order chi connectivity index (χ0) is 14.8. The van der Waals surface area contributed by atoms with E-state index in [9.17, 15) is 4.79 Å². The second-order valence-corrected chi connectivity index (χ2v) is 4.76. The van der Waals surface area contributed by atoms with Crippen LogP contribution < -0.4 is 10.4 Å². The van der Waals surface area contributed by atoms with Gasteiger partial charge in [0.15, 0.2) is 0 Å². The lowest BCUT2D eigenvalue weighted by molar-refractivity contribution is 0.291. The summed E-state index contributed by atoms with van der Waals surface area (Å²) in [5.74, 6) is 0.451. The van der Waals surface area contributed by atoms with E-state index in [-0.39, 0.29) is 6.61 Å². The molecule has 8 nitrogen and oxygen atoms in total. The van der Waals surface area contributed by atoms with Crippen LogP contribution >= 0.6 is 12.8 Å². The van der Waals surface area contributed by atoms with Crippen molar-refractivity contribution in [2.75, 3.05) is 0 Å². The average Bonchev–Trinajstić information content (AvgIpc) is 3.06. The number of thiol groups is 1. The van der Waals surface area contributed by atoms with Crippen LogP contribution in [-0.4, -0.2) is 29.4 Å². The van der Waals surface area contributed by atoms with Crippen molar-refractivity contribution in [1.82, 2.24) is 29.4 Å². The van der Waals surface area contributed by atoms with Gasteiger partial charge in [0, 0.05) is 17.8 Å². The summed E-state index contributed by atoms with van der Waals surface area (Å²) in [6, 6.07) is 7.27. The van der Waals surface area contributed by atoms with Crippen molar-refractivity contribution in [3.63, 3.8) is 0 Å². The molecule has 9 heteroatoms. The highest BCUT2D eigenvalue weighted by Gasteiger charge is 2.12. The van der Waals surface area contributed by atoms with Crippen LogP contribution in [0.25, 0.3) is 5.69 Å². The number of ether oxygens (including phenoxy) is 1. The fourth-order valence-corrected chi connectivity index (χ4v) is 2.10. The topological polar surface area (TPSA) is 90.6 Å².